The minimum absolute atomic E-state index is 0.158. The zero-order valence-corrected chi connectivity index (χ0v) is 11.3. The van der Waals surface area contributed by atoms with Crippen LogP contribution in [0.3, 0.4) is 0 Å². The average Bonchev–Trinajstić information content (AvgIpc) is 2.45. The summed E-state index contributed by atoms with van der Waals surface area (Å²) >= 11 is 0. The lowest BCUT2D eigenvalue weighted by molar-refractivity contribution is 0.0374. The molecule has 0 unspecified atom stereocenters. The molecule has 0 radical (unpaired) electrons. The molecule has 2 heterocycles. The molecule has 1 saturated heterocycles. The van der Waals surface area contributed by atoms with Crippen molar-refractivity contribution >= 4 is 5.91 Å². The number of aryl methyl sites for hydroxylation is 1. The van der Waals surface area contributed by atoms with Crippen molar-refractivity contribution in [3.8, 4) is 0 Å². The number of nitrogens with one attached hydrogen (secondary N) is 1. The summed E-state index contributed by atoms with van der Waals surface area (Å²) < 4.78 is 5.29. The summed E-state index contributed by atoms with van der Waals surface area (Å²) in [6, 6.07) is 0. The van der Waals surface area contributed by atoms with Crippen LogP contribution in [0.4, 0.5) is 0 Å². The third kappa shape index (κ3) is 4.57. The van der Waals surface area contributed by atoms with E-state index in [1.807, 2.05) is 6.92 Å². The zero-order valence-electron chi connectivity index (χ0n) is 11.3. The molecule has 1 aromatic heterocycles. The lowest BCUT2D eigenvalue weighted by Crippen LogP contribution is -2.38. The molecule has 0 atom stereocenters. The molecule has 2 rings (SSSR count). The van der Waals surface area contributed by atoms with E-state index in [2.05, 4.69) is 20.2 Å². The minimum Gasteiger partial charge on any atom is -0.379 e. The first-order chi connectivity index (χ1) is 9.25. The van der Waals surface area contributed by atoms with Crippen LogP contribution in [-0.2, 0) is 4.74 Å². The molecule has 1 aliphatic rings. The third-order valence-electron chi connectivity index (χ3n) is 3.05. The molecule has 1 amide bonds. The molecule has 0 aliphatic carbocycles. The van der Waals surface area contributed by atoms with Gasteiger partial charge in [0, 0.05) is 25.8 Å². The molecule has 0 bridgehead atoms. The summed E-state index contributed by atoms with van der Waals surface area (Å²) in [5.41, 5.74) is 1.18. The van der Waals surface area contributed by atoms with E-state index in [1.54, 1.807) is 6.20 Å². The number of morpholine rings is 1. The standard InChI is InChI=1S/C13H20N4O2/c1-11-9-16-12(10-15-11)13(18)14-3-2-4-17-5-7-19-8-6-17/h9-10H,2-8H2,1H3,(H,14,18). The molecular weight excluding hydrogens is 244 g/mol. The Hall–Kier alpha value is -1.53. The van der Waals surface area contributed by atoms with E-state index in [-0.39, 0.29) is 5.91 Å². The fourth-order valence-electron chi connectivity index (χ4n) is 1.93. The Balaban J connectivity index is 1.64. The van der Waals surface area contributed by atoms with Gasteiger partial charge in [-0.1, -0.05) is 0 Å². The maximum absolute atomic E-state index is 11.8. The Morgan fingerprint density at radius 2 is 2.16 bits per heavy atom. The second-order valence-electron chi connectivity index (χ2n) is 4.61. The van der Waals surface area contributed by atoms with Crippen LogP contribution in [-0.4, -0.2) is 60.2 Å². The van der Waals surface area contributed by atoms with Crippen LogP contribution in [0.1, 0.15) is 22.6 Å². The summed E-state index contributed by atoms with van der Waals surface area (Å²) in [5.74, 6) is -0.158. The van der Waals surface area contributed by atoms with Gasteiger partial charge in [0.25, 0.3) is 5.91 Å². The largest absolute Gasteiger partial charge is 0.379 e. The Kier molecular flexibility index (Phi) is 5.23. The second-order valence-corrected chi connectivity index (χ2v) is 4.61. The number of hydrogen-bond acceptors (Lipinski definition) is 5. The topological polar surface area (TPSA) is 67.4 Å². The predicted molar refractivity (Wildman–Crippen MR) is 71.0 cm³/mol. The van der Waals surface area contributed by atoms with Gasteiger partial charge in [0.15, 0.2) is 0 Å². The van der Waals surface area contributed by atoms with Crippen LogP contribution >= 0.6 is 0 Å². The highest BCUT2D eigenvalue weighted by Crippen LogP contribution is 1.98. The summed E-state index contributed by atoms with van der Waals surface area (Å²) in [6.45, 7) is 7.08. The molecule has 1 fully saturated rings. The van der Waals surface area contributed by atoms with Crippen LogP contribution < -0.4 is 5.32 Å². The van der Waals surface area contributed by atoms with Gasteiger partial charge >= 0.3 is 0 Å². The normalized spacial score (nSPS) is 16.3. The Morgan fingerprint density at radius 1 is 1.37 bits per heavy atom. The molecule has 0 aromatic carbocycles. The number of carbonyl (C=O) groups is 1. The molecular formula is C13H20N4O2. The molecule has 1 N–H and O–H groups in total. The van der Waals surface area contributed by atoms with E-state index < -0.39 is 0 Å². The van der Waals surface area contributed by atoms with Crippen molar-refractivity contribution in [1.29, 1.82) is 0 Å². The summed E-state index contributed by atoms with van der Waals surface area (Å²) in [7, 11) is 0. The first kappa shape index (κ1) is 13.9. The Bertz CT molecular complexity index is 402. The van der Waals surface area contributed by atoms with Gasteiger partial charge in [-0.3, -0.25) is 14.7 Å². The molecule has 1 aromatic rings. The van der Waals surface area contributed by atoms with Gasteiger partial charge in [-0.15, -0.1) is 0 Å². The first-order valence-electron chi connectivity index (χ1n) is 6.62. The van der Waals surface area contributed by atoms with Crippen LogP contribution in [0.25, 0.3) is 0 Å². The summed E-state index contributed by atoms with van der Waals surface area (Å²) in [6.07, 6.45) is 4.04. The van der Waals surface area contributed by atoms with Gasteiger partial charge in [0.1, 0.15) is 5.69 Å². The van der Waals surface area contributed by atoms with Crippen LogP contribution in [0, 0.1) is 6.92 Å². The molecule has 19 heavy (non-hydrogen) atoms. The van der Waals surface area contributed by atoms with Gasteiger partial charge < -0.3 is 10.1 Å². The van der Waals surface area contributed by atoms with Crippen molar-refractivity contribution in [3.63, 3.8) is 0 Å². The fraction of sp³-hybridized carbons (Fsp3) is 0.615. The SMILES string of the molecule is Cc1cnc(C(=O)NCCCN2CCOCC2)cn1. The van der Waals surface area contributed by atoms with Crippen molar-refractivity contribution in [2.24, 2.45) is 0 Å². The maximum atomic E-state index is 11.8. The number of aromatic nitrogens is 2. The van der Waals surface area contributed by atoms with E-state index in [9.17, 15) is 4.79 Å². The van der Waals surface area contributed by atoms with Crippen molar-refractivity contribution in [2.45, 2.75) is 13.3 Å². The minimum atomic E-state index is -0.158. The summed E-state index contributed by atoms with van der Waals surface area (Å²) in [4.78, 5) is 22.2. The molecule has 6 nitrogen and oxygen atoms in total. The zero-order chi connectivity index (χ0) is 13.5. The van der Waals surface area contributed by atoms with Crippen LogP contribution in [0.5, 0.6) is 0 Å². The monoisotopic (exact) mass is 264 g/mol. The highest BCUT2D eigenvalue weighted by molar-refractivity contribution is 5.91. The fourth-order valence-corrected chi connectivity index (χ4v) is 1.93. The van der Waals surface area contributed by atoms with Gasteiger partial charge in [-0.2, -0.15) is 0 Å². The molecule has 1 aliphatic heterocycles. The van der Waals surface area contributed by atoms with Gasteiger partial charge in [-0.05, 0) is 19.9 Å². The quantitative estimate of drug-likeness (QED) is 0.772. The van der Waals surface area contributed by atoms with Crippen molar-refractivity contribution in [2.75, 3.05) is 39.4 Å². The first-order valence-corrected chi connectivity index (χ1v) is 6.62. The van der Waals surface area contributed by atoms with E-state index in [1.165, 1.54) is 6.20 Å². The van der Waals surface area contributed by atoms with Gasteiger partial charge in [0.2, 0.25) is 0 Å². The average molecular weight is 264 g/mol. The Morgan fingerprint density at radius 3 is 2.84 bits per heavy atom. The van der Waals surface area contributed by atoms with E-state index in [4.69, 9.17) is 4.74 Å². The lowest BCUT2D eigenvalue weighted by atomic mass is 10.3. The van der Waals surface area contributed by atoms with E-state index in [0.717, 1.165) is 45.0 Å². The summed E-state index contributed by atoms with van der Waals surface area (Å²) in [5, 5.41) is 2.86. The maximum Gasteiger partial charge on any atom is 0.271 e. The number of ether oxygens (including phenoxy) is 1. The van der Waals surface area contributed by atoms with Crippen LogP contribution in [0.15, 0.2) is 12.4 Å². The third-order valence-corrected chi connectivity index (χ3v) is 3.05. The number of carbonyl (C=O) groups excluding carboxylic acids is 1. The van der Waals surface area contributed by atoms with E-state index >= 15 is 0 Å². The molecule has 0 spiro atoms. The highest BCUT2D eigenvalue weighted by Gasteiger charge is 2.10. The van der Waals surface area contributed by atoms with Gasteiger partial charge in [0.05, 0.1) is 25.1 Å². The van der Waals surface area contributed by atoms with Gasteiger partial charge in [-0.25, -0.2) is 4.98 Å². The number of amides is 1. The lowest BCUT2D eigenvalue weighted by Gasteiger charge is -2.26. The van der Waals surface area contributed by atoms with Crippen molar-refractivity contribution in [1.82, 2.24) is 20.2 Å². The number of hydrogen-bond donors (Lipinski definition) is 1. The van der Waals surface area contributed by atoms with E-state index in [0.29, 0.717) is 12.2 Å². The second kappa shape index (κ2) is 7.16. The van der Waals surface area contributed by atoms with Crippen molar-refractivity contribution < 1.29 is 9.53 Å². The highest BCUT2D eigenvalue weighted by atomic mass is 16.5. The molecule has 6 heteroatoms. The predicted octanol–water partition coefficient (Wildman–Crippen LogP) is 0.237. The van der Waals surface area contributed by atoms with Crippen molar-refractivity contribution in [3.05, 3.63) is 23.8 Å². The number of rotatable bonds is 5. The Labute approximate surface area is 113 Å². The molecule has 0 saturated carbocycles. The smallest absolute Gasteiger partial charge is 0.271 e. The van der Waals surface area contributed by atoms with Crippen LogP contribution in [0.2, 0.25) is 0 Å². The number of nitrogens with zero attached hydrogens (tertiary/aromatic N) is 3. The molecule has 104 valence electrons.